The van der Waals surface area contributed by atoms with Crippen molar-refractivity contribution in [3.8, 4) is 0 Å². The number of aliphatic hydroxyl groups excluding tert-OH is 2. The molecule has 0 bridgehead atoms. The van der Waals surface area contributed by atoms with Gasteiger partial charge in [-0.15, -0.1) is 0 Å². The molecule has 554 valence electrons. The Morgan fingerprint density at radius 1 is 0.299 bits per heavy atom. The number of hydrogen-bond donors (Lipinski definition) is 4. The first-order valence-electron chi connectivity index (χ1n) is 37.1. The van der Waals surface area contributed by atoms with Crippen molar-refractivity contribution in [1.29, 1.82) is 0 Å². The Morgan fingerprint density at radius 2 is 0.546 bits per heavy atom. The van der Waals surface area contributed by atoms with E-state index in [-0.39, 0.29) is 19.3 Å². The number of rotatable bonds is 69. The summed E-state index contributed by atoms with van der Waals surface area (Å²) in [5.41, 5.74) is 0. The standard InChI is InChI=1S/C79H132O16P2/c1-4-7-10-13-16-19-22-25-28-31-34-35-36-37-40-42-44-47-50-53-56-59-62-65-77(82)89-68-74(80)69-91-96(85,86)92-70-75(81)71-93-97(87,88)94-73-76(95-79(84)67-64-61-58-55-52-49-46-43-39-33-30-27-24-21-18-15-12-9-6-3)72-90-78(83)66-63-60-57-54-51-48-45-41-38-32-29-26-23-20-17-14-11-8-5-2/h7-8,10-11,16-21,25-30,34-35,37-41,43,74-76,80-81H,4-6,9,12-15,22-24,31-33,36,42,44-73H2,1-3H3,(H,85,86)(H,87,88)/b10-7-,11-8-,19-16-,20-17-,21-18-,28-25-,29-26-,30-27-,35-34-,40-37-,41-38-,43-39-. The Hall–Kier alpha value is -4.57. The molecule has 0 aromatic rings. The van der Waals surface area contributed by atoms with Crippen LogP contribution in [0, 0.1) is 0 Å². The molecule has 0 saturated carbocycles. The number of unbranched alkanes of at least 4 members (excludes halogenated alkanes) is 22. The molecule has 0 heterocycles. The number of aliphatic hydroxyl groups is 2. The fourth-order valence-electron chi connectivity index (χ4n) is 9.42. The third-order valence-electron chi connectivity index (χ3n) is 15.0. The van der Waals surface area contributed by atoms with E-state index in [0.717, 1.165) is 199 Å². The van der Waals surface area contributed by atoms with E-state index in [1.54, 1.807) is 0 Å². The second-order valence-corrected chi connectivity index (χ2v) is 27.2. The maximum atomic E-state index is 13.0. The van der Waals surface area contributed by atoms with Gasteiger partial charge in [0.1, 0.15) is 25.4 Å². The number of carbonyl (C=O) groups excluding carboxylic acids is 3. The van der Waals surface area contributed by atoms with Crippen molar-refractivity contribution >= 4 is 33.6 Å². The van der Waals surface area contributed by atoms with Gasteiger partial charge in [0.15, 0.2) is 6.10 Å². The fraction of sp³-hybridized carbons (Fsp3) is 0.658. The molecule has 5 unspecified atom stereocenters. The summed E-state index contributed by atoms with van der Waals surface area (Å²) in [5, 5.41) is 20.6. The zero-order valence-corrected chi connectivity index (χ0v) is 62.0. The number of hydrogen-bond acceptors (Lipinski definition) is 14. The van der Waals surface area contributed by atoms with E-state index in [9.17, 15) is 43.5 Å². The third kappa shape index (κ3) is 72.5. The summed E-state index contributed by atoms with van der Waals surface area (Å²) in [4.78, 5) is 58.6. The smallest absolute Gasteiger partial charge is 0.463 e. The maximum Gasteiger partial charge on any atom is 0.472 e. The lowest BCUT2D eigenvalue weighted by atomic mass is 10.1. The summed E-state index contributed by atoms with van der Waals surface area (Å²) < 4.78 is 61.1. The van der Waals surface area contributed by atoms with Gasteiger partial charge in [-0.2, -0.15) is 0 Å². The monoisotopic (exact) mass is 1400 g/mol. The molecule has 0 aliphatic heterocycles. The Kier molecular flexibility index (Phi) is 67.9. The Labute approximate surface area is 587 Å². The molecule has 0 amide bonds. The Bertz CT molecular complexity index is 2350. The van der Waals surface area contributed by atoms with E-state index in [0.29, 0.717) is 19.3 Å². The average molecular weight is 1400 g/mol. The third-order valence-corrected chi connectivity index (χ3v) is 16.9. The molecule has 0 aromatic heterocycles. The van der Waals surface area contributed by atoms with Gasteiger partial charge in [0.2, 0.25) is 0 Å². The lowest BCUT2D eigenvalue weighted by Gasteiger charge is -2.21. The van der Waals surface area contributed by atoms with Crippen LogP contribution < -0.4 is 0 Å². The molecular weight excluding hydrogens is 1270 g/mol. The molecular formula is C79H132O16P2. The van der Waals surface area contributed by atoms with Gasteiger partial charge in [-0.25, -0.2) is 9.13 Å². The van der Waals surface area contributed by atoms with E-state index in [2.05, 4.69) is 167 Å². The normalized spacial score (nSPS) is 14.9. The highest BCUT2D eigenvalue weighted by molar-refractivity contribution is 7.47. The van der Waals surface area contributed by atoms with Gasteiger partial charge in [-0.05, 0) is 141 Å². The van der Waals surface area contributed by atoms with Gasteiger partial charge in [0.05, 0.1) is 26.4 Å². The minimum Gasteiger partial charge on any atom is -0.463 e. The van der Waals surface area contributed by atoms with Gasteiger partial charge >= 0.3 is 33.6 Å². The molecule has 4 N–H and O–H groups in total. The van der Waals surface area contributed by atoms with Gasteiger partial charge in [0, 0.05) is 19.3 Å². The molecule has 0 spiro atoms. The molecule has 0 radical (unpaired) electrons. The molecule has 18 heteroatoms. The summed E-state index contributed by atoms with van der Waals surface area (Å²) in [6.07, 6.45) is 85.9. The van der Waals surface area contributed by atoms with Crippen LogP contribution in [0.4, 0.5) is 0 Å². The second-order valence-electron chi connectivity index (χ2n) is 24.3. The van der Waals surface area contributed by atoms with Crippen molar-refractivity contribution in [2.24, 2.45) is 0 Å². The minimum atomic E-state index is -4.94. The molecule has 0 aromatic carbocycles. The van der Waals surface area contributed by atoms with Crippen molar-refractivity contribution in [2.75, 3.05) is 39.6 Å². The lowest BCUT2D eigenvalue weighted by Crippen LogP contribution is -2.30. The van der Waals surface area contributed by atoms with Crippen molar-refractivity contribution in [1.82, 2.24) is 0 Å². The highest BCUT2D eigenvalue weighted by Crippen LogP contribution is 2.45. The Morgan fingerprint density at radius 3 is 0.866 bits per heavy atom. The summed E-state index contributed by atoms with van der Waals surface area (Å²) >= 11 is 0. The van der Waals surface area contributed by atoms with Gasteiger partial charge in [-0.1, -0.05) is 263 Å². The Balaban J connectivity index is 4.71. The highest BCUT2D eigenvalue weighted by atomic mass is 31.2. The van der Waals surface area contributed by atoms with Crippen LogP contribution in [0.25, 0.3) is 0 Å². The van der Waals surface area contributed by atoms with Crippen LogP contribution in [0.2, 0.25) is 0 Å². The molecule has 16 nitrogen and oxygen atoms in total. The van der Waals surface area contributed by atoms with Crippen LogP contribution in [0.5, 0.6) is 0 Å². The van der Waals surface area contributed by atoms with Gasteiger partial charge in [-0.3, -0.25) is 32.5 Å². The minimum absolute atomic E-state index is 0.0820. The van der Waals surface area contributed by atoms with E-state index >= 15 is 0 Å². The fourth-order valence-corrected chi connectivity index (χ4v) is 11.0. The molecule has 97 heavy (non-hydrogen) atoms. The van der Waals surface area contributed by atoms with Crippen molar-refractivity contribution in [2.45, 2.75) is 296 Å². The predicted molar refractivity (Wildman–Crippen MR) is 399 cm³/mol. The first kappa shape index (κ1) is 92.4. The topological polar surface area (TPSA) is 231 Å². The molecule has 0 fully saturated rings. The van der Waals surface area contributed by atoms with E-state index in [1.165, 1.54) is 19.3 Å². The van der Waals surface area contributed by atoms with Crippen LogP contribution in [-0.2, 0) is 55.8 Å². The number of ether oxygens (including phenoxy) is 3. The molecule has 0 aliphatic rings. The molecule has 0 rings (SSSR count). The second kappa shape index (κ2) is 71.3. The number of phosphoric acid groups is 2. The van der Waals surface area contributed by atoms with Gasteiger partial charge in [0.25, 0.3) is 0 Å². The quantitative estimate of drug-likeness (QED) is 0.0146. The average Bonchev–Trinajstić information content (AvgIpc) is 1.81. The van der Waals surface area contributed by atoms with Crippen molar-refractivity contribution in [3.63, 3.8) is 0 Å². The van der Waals surface area contributed by atoms with Crippen LogP contribution in [0.3, 0.4) is 0 Å². The van der Waals surface area contributed by atoms with E-state index < -0.39 is 91.5 Å². The van der Waals surface area contributed by atoms with Crippen LogP contribution >= 0.6 is 15.6 Å². The van der Waals surface area contributed by atoms with E-state index in [4.69, 9.17) is 32.3 Å². The molecule has 0 aliphatic carbocycles. The predicted octanol–water partition coefficient (Wildman–Crippen LogP) is 21.3. The molecule has 0 saturated heterocycles. The summed E-state index contributed by atoms with van der Waals surface area (Å²) in [5.74, 6) is -1.62. The number of carbonyl (C=O) groups is 3. The largest absolute Gasteiger partial charge is 0.472 e. The van der Waals surface area contributed by atoms with Gasteiger partial charge < -0.3 is 34.2 Å². The van der Waals surface area contributed by atoms with Crippen LogP contribution in [-0.4, -0.2) is 95.9 Å². The van der Waals surface area contributed by atoms with E-state index in [1.807, 2.05) is 0 Å². The summed E-state index contributed by atoms with van der Waals surface area (Å²) in [7, 11) is -9.81. The first-order chi connectivity index (χ1) is 47.2. The number of esters is 3. The maximum absolute atomic E-state index is 13.0. The summed E-state index contributed by atoms with van der Waals surface area (Å²) in [6, 6.07) is 0. The zero-order valence-electron chi connectivity index (χ0n) is 60.2. The first-order valence-corrected chi connectivity index (χ1v) is 40.1. The SMILES string of the molecule is CC/C=C\C/C=C\C/C=C\C/C=C\C/C=C\CCCCCCCCCC(=O)OCC(O)COP(=O)(O)OCC(O)COP(=O)(O)OCC(COC(=O)CCCCCCCC/C=C\C/C=C\C/C=C\C/C=C\CC)OC(=O)CCCCCCCC/C=C\C/C=C\C/C=C\CCCCC. The highest BCUT2D eigenvalue weighted by Gasteiger charge is 2.29. The van der Waals surface area contributed by atoms with Crippen LogP contribution in [0.1, 0.15) is 278 Å². The van der Waals surface area contributed by atoms with Crippen molar-refractivity contribution < 1.29 is 75.8 Å². The number of allylic oxidation sites excluding steroid dienone is 24. The number of phosphoric ester groups is 2. The molecule has 5 atom stereocenters. The zero-order chi connectivity index (χ0) is 70.9. The summed E-state index contributed by atoms with van der Waals surface area (Å²) in [6.45, 7) is 2.37. The van der Waals surface area contributed by atoms with Crippen LogP contribution in [0.15, 0.2) is 146 Å². The lowest BCUT2D eigenvalue weighted by molar-refractivity contribution is -0.161. The van der Waals surface area contributed by atoms with Crippen molar-refractivity contribution in [3.05, 3.63) is 146 Å².